The van der Waals surface area contributed by atoms with Crippen molar-refractivity contribution in [3.63, 3.8) is 0 Å². The van der Waals surface area contributed by atoms with Crippen LogP contribution in [0.15, 0.2) is 29.4 Å². The summed E-state index contributed by atoms with van der Waals surface area (Å²) in [7, 11) is 2.99. The monoisotopic (exact) mass is 413 g/mol. The van der Waals surface area contributed by atoms with E-state index in [9.17, 15) is 4.79 Å². The van der Waals surface area contributed by atoms with Gasteiger partial charge in [0.25, 0.3) is 5.78 Å². The summed E-state index contributed by atoms with van der Waals surface area (Å²) in [5.74, 6) is 0.668. The van der Waals surface area contributed by atoms with Crippen LogP contribution in [0.5, 0.6) is 0 Å². The molecule has 150 valence electrons. The predicted molar refractivity (Wildman–Crippen MR) is 106 cm³/mol. The summed E-state index contributed by atoms with van der Waals surface area (Å²) in [5, 5.41) is 18.2. The number of aryl methyl sites for hydroxylation is 1. The van der Waals surface area contributed by atoms with Crippen molar-refractivity contribution in [3.05, 3.63) is 35.5 Å². The topological polar surface area (TPSA) is 109 Å². The second kappa shape index (κ2) is 8.13. The number of hydrogen-bond acceptors (Lipinski definition) is 9. The Morgan fingerprint density at radius 3 is 2.66 bits per heavy atom. The van der Waals surface area contributed by atoms with E-state index >= 15 is 0 Å². The number of benzene rings is 1. The first kappa shape index (κ1) is 19.3. The first-order valence-corrected chi connectivity index (χ1v) is 9.86. The van der Waals surface area contributed by atoms with E-state index in [-0.39, 0.29) is 6.42 Å². The first-order valence-electron chi connectivity index (χ1n) is 8.87. The van der Waals surface area contributed by atoms with Crippen LogP contribution in [-0.4, -0.2) is 67.1 Å². The Labute approximate surface area is 170 Å². The van der Waals surface area contributed by atoms with Crippen LogP contribution in [0.2, 0.25) is 0 Å². The molecule has 0 amide bonds. The Bertz CT molecular complexity index is 1170. The van der Waals surface area contributed by atoms with Crippen LogP contribution in [0.25, 0.3) is 22.6 Å². The number of nitrogens with zero attached hydrogens (tertiary/aromatic N) is 7. The molecule has 0 aliphatic rings. The van der Waals surface area contributed by atoms with Crippen molar-refractivity contribution in [1.29, 1.82) is 0 Å². The molecule has 0 saturated heterocycles. The average molecular weight is 413 g/mol. The number of aromatic nitrogens is 7. The van der Waals surface area contributed by atoms with E-state index < -0.39 is 5.97 Å². The summed E-state index contributed by atoms with van der Waals surface area (Å²) in [6.07, 6.45) is -0.0177. The maximum Gasteiger partial charge on any atom is 0.311 e. The van der Waals surface area contributed by atoms with Crippen molar-refractivity contribution in [3.8, 4) is 5.69 Å². The van der Waals surface area contributed by atoms with Crippen molar-refractivity contribution >= 4 is 34.7 Å². The highest BCUT2D eigenvalue weighted by Gasteiger charge is 2.21. The van der Waals surface area contributed by atoms with Crippen molar-refractivity contribution in [2.75, 3.05) is 26.6 Å². The van der Waals surface area contributed by atoms with Gasteiger partial charge in [-0.3, -0.25) is 4.79 Å². The summed E-state index contributed by atoms with van der Waals surface area (Å²) in [6.45, 7) is 2.60. The van der Waals surface area contributed by atoms with Gasteiger partial charge in [-0.05, 0) is 19.1 Å². The van der Waals surface area contributed by atoms with Crippen LogP contribution in [0.4, 0.5) is 0 Å². The standard InChI is InChI=1S/C18H19N7O3S/c1-11-4-6-12(7-5-11)24-16-15(13(22-24)10-14(26)28-3)20-21-17-19-18(23-25(16)17)29-9-8-27-2/h4-7H,8-10H2,1-3H3. The summed E-state index contributed by atoms with van der Waals surface area (Å²) in [6, 6.07) is 7.87. The molecule has 0 spiro atoms. The largest absolute Gasteiger partial charge is 0.469 e. The van der Waals surface area contributed by atoms with Crippen LogP contribution < -0.4 is 0 Å². The third-order valence-corrected chi connectivity index (χ3v) is 5.06. The second-order valence-corrected chi connectivity index (χ2v) is 7.33. The minimum absolute atomic E-state index is 0.0177. The lowest BCUT2D eigenvalue weighted by Crippen LogP contribution is -2.06. The van der Waals surface area contributed by atoms with Gasteiger partial charge in [0.2, 0.25) is 5.16 Å². The third kappa shape index (κ3) is 3.78. The van der Waals surface area contributed by atoms with Crippen molar-refractivity contribution < 1.29 is 14.3 Å². The molecule has 4 aromatic rings. The van der Waals surface area contributed by atoms with Gasteiger partial charge in [-0.1, -0.05) is 29.5 Å². The van der Waals surface area contributed by atoms with E-state index in [1.165, 1.54) is 18.9 Å². The molecular weight excluding hydrogens is 394 g/mol. The van der Waals surface area contributed by atoms with Gasteiger partial charge in [0.05, 0.1) is 25.8 Å². The van der Waals surface area contributed by atoms with Crippen LogP contribution in [0.3, 0.4) is 0 Å². The zero-order chi connectivity index (χ0) is 20.4. The molecule has 0 saturated carbocycles. The molecule has 4 rings (SSSR count). The smallest absolute Gasteiger partial charge is 0.311 e. The molecule has 29 heavy (non-hydrogen) atoms. The van der Waals surface area contributed by atoms with E-state index in [2.05, 4.69) is 25.4 Å². The maximum absolute atomic E-state index is 11.9. The highest BCUT2D eigenvalue weighted by molar-refractivity contribution is 7.99. The van der Waals surface area contributed by atoms with Gasteiger partial charge in [-0.2, -0.15) is 14.6 Å². The molecule has 0 aliphatic carbocycles. The minimum Gasteiger partial charge on any atom is -0.469 e. The normalized spacial score (nSPS) is 11.4. The van der Waals surface area contributed by atoms with E-state index in [1.54, 1.807) is 16.3 Å². The number of carbonyl (C=O) groups excluding carboxylic acids is 1. The highest BCUT2D eigenvalue weighted by Crippen LogP contribution is 2.23. The molecule has 0 radical (unpaired) electrons. The van der Waals surface area contributed by atoms with Crippen LogP contribution in [0.1, 0.15) is 11.3 Å². The number of esters is 1. The zero-order valence-electron chi connectivity index (χ0n) is 16.2. The summed E-state index contributed by atoms with van der Waals surface area (Å²) in [5.41, 5.74) is 3.47. The Balaban J connectivity index is 1.89. The fourth-order valence-electron chi connectivity index (χ4n) is 2.80. The van der Waals surface area contributed by atoms with Crippen molar-refractivity contribution in [2.24, 2.45) is 0 Å². The second-order valence-electron chi connectivity index (χ2n) is 6.27. The Hall–Kier alpha value is -3.05. The maximum atomic E-state index is 11.9. The lowest BCUT2D eigenvalue weighted by atomic mass is 10.2. The lowest BCUT2D eigenvalue weighted by molar-refractivity contribution is -0.139. The molecule has 1 aromatic carbocycles. The fraction of sp³-hybridized carbons (Fsp3) is 0.333. The number of ether oxygens (including phenoxy) is 2. The molecular formula is C18H19N7O3S. The Kier molecular flexibility index (Phi) is 5.41. The van der Waals surface area contributed by atoms with Crippen molar-refractivity contribution in [1.82, 2.24) is 34.6 Å². The van der Waals surface area contributed by atoms with Crippen molar-refractivity contribution in [2.45, 2.75) is 18.5 Å². The molecule has 0 bridgehead atoms. The molecule has 0 N–H and O–H groups in total. The van der Waals surface area contributed by atoms with Gasteiger partial charge >= 0.3 is 5.97 Å². The Morgan fingerprint density at radius 2 is 1.93 bits per heavy atom. The minimum atomic E-state index is -0.406. The predicted octanol–water partition coefficient (Wildman–Crippen LogP) is 1.62. The SMILES string of the molecule is COCCSc1nc2nnc3c(CC(=O)OC)nn(-c4ccc(C)cc4)c3n2n1. The number of fused-ring (bicyclic) bond motifs is 3. The Morgan fingerprint density at radius 1 is 1.14 bits per heavy atom. The average Bonchev–Trinajstić information content (AvgIpc) is 3.30. The van der Waals surface area contributed by atoms with E-state index in [0.29, 0.717) is 34.4 Å². The van der Waals surface area contributed by atoms with E-state index in [0.717, 1.165) is 17.0 Å². The van der Waals surface area contributed by atoms with Gasteiger partial charge < -0.3 is 9.47 Å². The molecule has 10 nitrogen and oxygen atoms in total. The highest BCUT2D eigenvalue weighted by atomic mass is 32.2. The fourth-order valence-corrected chi connectivity index (χ4v) is 3.51. The number of methoxy groups -OCH3 is 2. The first-order chi connectivity index (χ1) is 14.1. The summed E-state index contributed by atoms with van der Waals surface area (Å²) < 4.78 is 13.2. The molecule has 0 unspecified atom stereocenters. The molecule has 0 fully saturated rings. The lowest BCUT2D eigenvalue weighted by Gasteiger charge is -2.04. The number of hydrogen-bond donors (Lipinski definition) is 0. The quantitative estimate of drug-likeness (QED) is 0.254. The summed E-state index contributed by atoms with van der Waals surface area (Å²) >= 11 is 1.46. The molecule has 0 aliphatic heterocycles. The molecule has 0 atom stereocenters. The van der Waals surface area contributed by atoms with E-state index in [4.69, 9.17) is 9.47 Å². The third-order valence-electron chi connectivity index (χ3n) is 4.25. The molecule has 3 heterocycles. The number of thioether (sulfide) groups is 1. The number of carbonyl (C=O) groups is 1. The molecule has 3 aromatic heterocycles. The van der Waals surface area contributed by atoms with Gasteiger partial charge in [0.15, 0.2) is 11.2 Å². The van der Waals surface area contributed by atoms with Gasteiger partial charge in [-0.15, -0.1) is 15.3 Å². The number of rotatable bonds is 7. The van der Waals surface area contributed by atoms with Gasteiger partial charge in [0.1, 0.15) is 5.69 Å². The summed E-state index contributed by atoms with van der Waals surface area (Å²) in [4.78, 5) is 16.3. The van der Waals surface area contributed by atoms with Gasteiger partial charge in [0, 0.05) is 12.9 Å². The molecule has 11 heteroatoms. The van der Waals surface area contributed by atoms with Crippen LogP contribution in [0, 0.1) is 6.92 Å². The van der Waals surface area contributed by atoms with Crippen LogP contribution >= 0.6 is 11.8 Å². The van der Waals surface area contributed by atoms with Gasteiger partial charge in [-0.25, -0.2) is 4.68 Å². The van der Waals surface area contributed by atoms with Crippen LogP contribution in [-0.2, 0) is 20.7 Å². The zero-order valence-corrected chi connectivity index (χ0v) is 17.0. The van der Waals surface area contributed by atoms with E-state index in [1.807, 2.05) is 31.2 Å².